The van der Waals surface area contributed by atoms with Crippen LogP contribution in [0.25, 0.3) is 0 Å². The van der Waals surface area contributed by atoms with Gasteiger partial charge in [0.1, 0.15) is 5.75 Å². The number of pyridine rings is 1. The van der Waals surface area contributed by atoms with Crippen molar-refractivity contribution in [2.24, 2.45) is 5.92 Å². The first kappa shape index (κ1) is 26.3. The summed E-state index contributed by atoms with van der Waals surface area (Å²) in [7, 11) is -3.70. The molecule has 2 amide bonds. The van der Waals surface area contributed by atoms with Gasteiger partial charge < -0.3 is 19.3 Å². The van der Waals surface area contributed by atoms with Gasteiger partial charge in [0.15, 0.2) is 15.6 Å². The number of aromatic nitrogens is 1. The minimum atomic E-state index is -3.70. The Labute approximate surface area is 238 Å². The van der Waals surface area contributed by atoms with Gasteiger partial charge in [-0.15, -0.1) is 0 Å². The topological polar surface area (TPSA) is 123 Å². The zero-order valence-corrected chi connectivity index (χ0v) is 23.5. The summed E-state index contributed by atoms with van der Waals surface area (Å²) in [5.41, 5.74) is 3.94. The van der Waals surface area contributed by atoms with E-state index in [4.69, 9.17) is 14.5 Å². The van der Waals surface area contributed by atoms with Crippen LogP contribution in [-0.4, -0.2) is 92.6 Å². The van der Waals surface area contributed by atoms with Gasteiger partial charge in [-0.25, -0.2) is 13.4 Å². The Morgan fingerprint density at radius 3 is 2.22 bits per heavy atom. The summed E-state index contributed by atoms with van der Waals surface area (Å²) in [6.45, 7) is 3.69. The highest BCUT2D eigenvalue weighted by atomic mass is 32.2. The molecule has 2 fully saturated rings. The van der Waals surface area contributed by atoms with Crippen molar-refractivity contribution in [3.8, 4) is 5.88 Å². The third kappa shape index (κ3) is 5.05. The summed E-state index contributed by atoms with van der Waals surface area (Å²) in [4.78, 5) is 46.9. The van der Waals surface area contributed by atoms with E-state index < -0.39 is 21.4 Å². The number of amides is 2. The molecule has 1 saturated heterocycles. The van der Waals surface area contributed by atoms with Crippen LogP contribution in [0.4, 0.5) is 0 Å². The molecule has 1 aromatic heterocycles. The van der Waals surface area contributed by atoms with Crippen LogP contribution < -0.4 is 4.74 Å². The molecule has 0 spiro atoms. The van der Waals surface area contributed by atoms with Crippen LogP contribution in [-0.2, 0) is 14.6 Å². The van der Waals surface area contributed by atoms with E-state index in [0.29, 0.717) is 56.1 Å². The molecule has 0 unspecified atom stereocenters. The number of carbonyl (C=O) groups excluding carboxylic acids is 3. The Bertz CT molecular complexity index is 1590. The normalized spacial score (nSPS) is 21.8. The van der Waals surface area contributed by atoms with E-state index >= 15 is 0 Å². The molecule has 7 rings (SSSR count). The molecular formula is C30H31N3O7S. The number of benzene rings is 1. The van der Waals surface area contributed by atoms with Crippen LogP contribution in [0.5, 0.6) is 5.88 Å². The smallest absolute Gasteiger partial charge is 0.254 e. The summed E-state index contributed by atoms with van der Waals surface area (Å²) in [5, 5.41) is 0. The maximum atomic E-state index is 13.6. The number of carbonyl (C=O) groups is 3. The molecule has 1 aliphatic carbocycles. The lowest BCUT2D eigenvalue weighted by molar-refractivity contribution is 0.0490. The first-order chi connectivity index (χ1) is 19.7. The molecule has 1 saturated carbocycles. The highest BCUT2D eigenvalue weighted by Crippen LogP contribution is 2.40. The van der Waals surface area contributed by atoms with E-state index in [1.54, 1.807) is 15.9 Å². The van der Waals surface area contributed by atoms with Crippen molar-refractivity contribution in [1.82, 2.24) is 14.8 Å². The number of nitrogens with zero attached hydrogens (tertiary/aromatic N) is 3. The molecule has 1 aromatic carbocycles. The van der Waals surface area contributed by atoms with Crippen molar-refractivity contribution in [1.29, 1.82) is 0 Å². The molecule has 0 radical (unpaired) electrons. The molecular weight excluding hydrogens is 546 g/mol. The van der Waals surface area contributed by atoms with E-state index in [9.17, 15) is 22.8 Å². The lowest BCUT2D eigenvalue weighted by atomic mass is 10.0. The van der Waals surface area contributed by atoms with Crippen LogP contribution in [0.1, 0.15) is 68.4 Å². The Balaban J connectivity index is 1.01. The third-order valence-corrected chi connectivity index (χ3v) is 10.3. The molecule has 0 bridgehead atoms. The lowest BCUT2D eigenvalue weighted by Gasteiger charge is -2.24. The molecule has 0 N–H and O–H groups in total. The van der Waals surface area contributed by atoms with Crippen molar-refractivity contribution < 1.29 is 32.3 Å². The standard InChI is InChI=1S/C30H31N3O7S/c34-26-17-41(37,38)27-10-20(3-4-24(26)27)29(35)32-12-22-14-33(15-23(22)13-32)30(36)21-9-25(19-1-2-19)31-28(11-21)40-16-18-5-7-39-8-6-18/h3-4,9-11,18-19H,1-2,5-8,12-17H2. The average Bonchev–Trinajstić information content (AvgIpc) is 3.57. The van der Waals surface area contributed by atoms with E-state index in [0.717, 1.165) is 55.7 Å². The minimum absolute atomic E-state index is 0.0659. The second-order valence-corrected chi connectivity index (χ2v) is 13.6. The van der Waals surface area contributed by atoms with Gasteiger partial charge in [-0.05, 0) is 67.0 Å². The first-order valence-electron chi connectivity index (χ1n) is 14.2. The predicted octanol–water partition coefficient (Wildman–Crippen LogP) is 2.64. The fourth-order valence-corrected chi connectivity index (χ4v) is 7.61. The number of ketones is 1. The number of Topliss-reactive ketones (excluding diaryl/α,β-unsaturated/α-hetero) is 1. The van der Waals surface area contributed by atoms with Gasteiger partial charge in [0.25, 0.3) is 11.8 Å². The Morgan fingerprint density at radius 1 is 0.902 bits per heavy atom. The molecule has 5 aliphatic rings. The zero-order valence-electron chi connectivity index (χ0n) is 22.6. The maximum absolute atomic E-state index is 13.6. The van der Waals surface area contributed by atoms with E-state index in [1.165, 1.54) is 18.2 Å². The number of hydrogen-bond acceptors (Lipinski definition) is 8. The highest BCUT2D eigenvalue weighted by molar-refractivity contribution is 7.92. The summed E-state index contributed by atoms with van der Waals surface area (Å²) in [6.07, 6.45) is 4.06. The van der Waals surface area contributed by atoms with Crippen LogP contribution in [0.2, 0.25) is 0 Å². The van der Waals surface area contributed by atoms with Crippen LogP contribution in [0.15, 0.2) is 46.4 Å². The molecule has 4 aliphatic heterocycles. The molecule has 11 heteroatoms. The zero-order chi connectivity index (χ0) is 28.3. The van der Waals surface area contributed by atoms with Crippen molar-refractivity contribution >= 4 is 27.4 Å². The summed E-state index contributed by atoms with van der Waals surface area (Å²) in [6, 6.07) is 7.91. The average molecular weight is 578 g/mol. The quantitative estimate of drug-likeness (QED) is 0.480. The van der Waals surface area contributed by atoms with Crippen LogP contribution in [0.3, 0.4) is 0 Å². The van der Waals surface area contributed by atoms with Gasteiger partial charge in [0.2, 0.25) is 5.88 Å². The lowest BCUT2D eigenvalue weighted by Crippen LogP contribution is -2.36. The van der Waals surface area contributed by atoms with Crippen molar-refractivity contribution in [3.63, 3.8) is 0 Å². The number of rotatable bonds is 6. The van der Waals surface area contributed by atoms with Crippen molar-refractivity contribution in [2.75, 3.05) is 51.8 Å². The number of hydrogen-bond donors (Lipinski definition) is 0. The van der Waals surface area contributed by atoms with Gasteiger partial charge in [-0.3, -0.25) is 14.4 Å². The maximum Gasteiger partial charge on any atom is 0.254 e. The van der Waals surface area contributed by atoms with Crippen molar-refractivity contribution in [3.05, 3.63) is 63.9 Å². The number of ether oxygens (including phenoxy) is 2. The minimum Gasteiger partial charge on any atom is -0.477 e. The molecule has 10 nitrogen and oxygen atoms in total. The Kier molecular flexibility index (Phi) is 6.46. The van der Waals surface area contributed by atoms with E-state index in [-0.39, 0.29) is 27.8 Å². The van der Waals surface area contributed by atoms with Gasteiger partial charge in [-0.1, -0.05) is 0 Å². The van der Waals surface area contributed by atoms with E-state index in [1.807, 2.05) is 6.07 Å². The SMILES string of the molecule is O=C1CS(=O)(=O)c2cc(C(=O)N3CC4=C(CN(C(=O)c5cc(OCC6CCOCC6)nc(C6CC6)c5)C4)C3)ccc21. The molecule has 5 heterocycles. The Hall–Kier alpha value is -3.57. The molecule has 2 aromatic rings. The summed E-state index contributed by atoms with van der Waals surface area (Å²) < 4.78 is 36.2. The summed E-state index contributed by atoms with van der Waals surface area (Å²) in [5.74, 6) is -0.0563. The molecule has 214 valence electrons. The van der Waals surface area contributed by atoms with Gasteiger partial charge >= 0.3 is 0 Å². The Morgan fingerprint density at radius 2 is 1.56 bits per heavy atom. The second-order valence-electron chi connectivity index (χ2n) is 11.7. The van der Waals surface area contributed by atoms with Gasteiger partial charge in [-0.2, -0.15) is 0 Å². The fourth-order valence-electron chi connectivity index (χ4n) is 6.13. The monoisotopic (exact) mass is 577 g/mol. The van der Waals surface area contributed by atoms with Gasteiger partial charge in [0.05, 0.1) is 11.5 Å². The predicted molar refractivity (Wildman–Crippen MR) is 147 cm³/mol. The summed E-state index contributed by atoms with van der Waals surface area (Å²) >= 11 is 0. The first-order valence-corrected chi connectivity index (χ1v) is 15.8. The highest BCUT2D eigenvalue weighted by Gasteiger charge is 2.37. The third-order valence-electron chi connectivity index (χ3n) is 8.66. The van der Waals surface area contributed by atoms with Gasteiger partial charge in [0, 0.05) is 73.8 Å². The fraction of sp³-hybridized carbons (Fsp3) is 0.467. The number of sulfone groups is 1. The largest absolute Gasteiger partial charge is 0.477 e. The van der Waals surface area contributed by atoms with Crippen LogP contribution >= 0.6 is 0 Å². The van der Waals surface area contributed by atoms with Crippen LogP contribution in [0, 0.1) is 5.92 Å². The molecule has 41 heavy (non-hydrogen) atoms. The molecule has 0 atom stereocenters. The second kappa shape index (κ2) is 10.1. The number of fused-ring (bicyclic) bond motifs is 1. The van der Waals surface area contributed by atoms with Crippen molar-refractivity contribution in [2.45, 2.75) is 36.5 Å². The van der Waals surface area contributed by atoms with E-state index in [2.05, 4.69) is 0 Å².